The Labute approximate surface area is 186 Å². The maximum atomic E-state index is 12.8. The van der Waals surface area contributed by atoms with Crippen LogP contribution in [0.25, 0.3) is 0 Å². The molecule has 0 spiro atoms. The summed E-state index contributed by atoms with van der Waals surface area (Å²) in [5.41, 5.74) is 3.31. The lowest BCUT2D eigenvalue weighted by Gasteiger charge is -2.29. The van der Waals surface area contributed by atoms with E-state index in [0.29, 0.717) is 29.5 Å². The fraction of sp³-hybridized carbons (Fsp3) is 0.318. The summed E-state index contributed by atoms with van der Waals surface area (Å²) >= 11 is 1.37. The average molecular weight is 457 g/mol. The van der Waals surface area contributed by atoms with E-state index in [1.807, 2.05) is 47.9 Å². The molecular weight excluding hydrogens is 432 g/mol. The number of Topliss-reactive ketones (excluding diaryl/α,β-unsaturated/α-hetero) is 1. The van der Waals surface area contributed by atoms with E-state index in [1.54, 1.807) is 12.1 Å². The van der Waals surface area contributed by atoms with Crippen molar-refractivity contribution in [2.24, 2.45) is 0 Å². The molecule has 1 aromatic heterocycles. The van der Waals surface area contributed by atoms with Crippen molar-refractivity contribution in [3.8, 4) is 0 Å². The molecule has 0 bridgehead atoms. The van der Waals surface area contributed by atoms with E-state index in [0.717, 1.165) is 29.8 Å². The van der Waals surface area contributed by atoms with Gasteiger partial charge in [-0.3, -0.25) is 9.10 Å². The highest BCUT2D eigenvalue weighted by Crippen LogP contribution is 2.30. The van der Waals surface area contributed by atoms with Gasteiger partial charge in [-0.1, -0.05) is 42.1 Å². The van der Waals surface area contributed by atoms with Gasteiger partial charge < -0.3 is 4.57 Å². The smallest absolute Gasteiger partial charge is 0.232 e. The van der Waals surface area contributed by atoms with Crippen molar-refractivity contribution in [3.05, 3.63) is 71.0 Å². The van der Waals surface area contributed by atoms with Crippen LogP contribution >= 0.6 is 11.8 Å². The largest absolute Gasteiger partial charge is 0.302 e. The minimum atomic E-state index is -3.32. The molecule has 0 aliphatic carbocycles. The Morgan fingerprint density at radius 1 is 1.13 bits per heavy atom. The topological polar surface area (TPSA) is 85.2 Å². The summed E-state index contributed by atoms with van der Waals surface area (Å²) in [6, 6.07) is 15.3. The second-order valence-corrected chi connectivity index (χ2v) is 10.4. The van der Waals surface area contributed by atoms with Crippen LogP contribution < -0.4 is 4.31 Å². The number of benzene rings is 2. The van der Waals surface area contributed by atoms with Gasteiger partial charge in [0.1, 0.15) is 5.82 Å². The minimum absolute atomic E-state index is 0.0174. The van der Waals surface area contributed by atoms with Gasteiger partial charge in [0, 0.05) is 12.1 Å². The number of anilines is 1. The maximum Gasteiger partial charge on any atom is 0.232 e. The molecule has 1 aliphatic heterocycles. The Hall–Kier alpha value is -2.65. The van der Waals surface area contributed by atoms with Crippen LogP contribution in [0.4, 0.5) is 5.69 Å². The van der Waals surface area contributed by atoms with Crippen LogP contribution in [0.2, 0.25) is 0 Å². The molecular formula is C22H24N4O3S2. The molecule has 0 saturated carbocycles. The molecule has 2 aromatic carbocycles. The van der Waals surface area contributed by atoms with Crippen molar-refractivity contribution in [2.45, 2.75) is 31.5 Å². The van der Waals surface area contributed by atoms with Crippen molar-refractivity contribution in [2.75, 3.05) is 22.9 Å². The highest BCUT2D eigenvalue weighted by molar-refractivity contribution is 7.99. The van der Waals surface area contributed by atoms with E-state index in [9.17, 15) is 13.2 Å². The molecule has 0 atom stereocenters. The second kappa shape index (κ2) is 8.84. The Balaban J connectivity index is 1.48. The van der Waals surface area contributed by atoms with Crippen LogP contribution in [-0.2, 0) is 23.0 Å². The Morgan fingerprint density at radius 3 is 2.65 bits per heavy atom. The summed E-state index contributed by atoms with van der Waals surface area (Å²) in [7, 11) is -3.32. The lowest BCUT2D eigenvalue weighted by molar-refractivity contribution is 0.102. The number of hydrogen-bond donors (Lipinski definition) is 0. The normalized spacial score (nSPS) is 13.8. The number of ketones is 1. The first-order valence-corrected chi connectivity index (χ1v) is 12.9. The first-order valence-electron chi connectivity index (χ1n) is 10.0. The molecule has 31 heavy (non-hydrogen) atoms. The fourth-order valence-electron chi connectivity index (χ4n) is 3.71. The number of sulfonamides is 1. The van der Waals surface area contributed by atoms with Crippen molar-refractivity contribution < 1.29 is 13.2 Å². The zero-order valence-electron chi connectivity index (χ0n) is 17.5. The van der Waals surface area contributed by atoms with Gasteiger partial charge in [0.2, 0.25) is 10.0 Å². The summed E-state index contributed by atoms with van der Waals surface area (Å²) in [6.45, 7) is 3.03. The van der Waals surface area contributed by atoms with Crippen molar-refractivity contribution >= 4 is 33.3 Å². The SMILES string of the molecule is Cc1nnc(SCC(=O)c2ccc3c(c2)CCCN3S(C)(=O)=O)n1Cc1ccccc1. The zero-order chi connectivity index (χ0) is 22.0. The minimum Gasteiger partial charge on any atom is -0.302 e. The Kier molecular flexibility index (Phi) is 6.15. The van der Waals surface area contributed by atoms with Gasteiger partial charge in [-0.2, -0.15) is 0 Å². The monoisotopic (exact) mass is 456 g/mol. The van der Waals surface area contributed by atoms with E-state index < -0.39 is 10.0 Å². The first-order chi connectivity index (χ1) is 14.8. The van der Waals surface area contributed by atoms with E-state index in [4.69, 9.17) is 0 Å². The number of nitrogens with zero attached hydrogens (tertiary/aromatic N) is 4. The molecule has 0 saturated heterocycles. The molecule has 7 nitrogen and oxygen atoms in total. The quantitative estimate of drug-likeness (QED) is 0.401. The molecule has 0 fully saturated rings. The second-order valence-electron chi connectivity index (χ2n) is 7.60. The lowest BCUT2D eigenvalue weighted by atomic mass is 9.99. The predicted octanol–water partition coefficient (Wildman–Crippen LogP) is 3.32. The van der Waals surface area contributed by atoms with E-state index in [1.165, 1.54) is 22.3 Å². The average Bonchev–Trinajstić information content (AvgIpc) is 3.10. The highest BCUT2D eigenvalue weighted by Gasteiger charge is 2.25. The number of hydrogen-bond acceptors (Lipinski definition) is 6. The molecule has 9 heteroatoms. The molecule has 0 radical (unpaired) electrons. The summed E-state index contributed by atoms with van der Waals surface area (Å²) in [4.78, 5) is 12.8. The molecule has 3 aromatic rings. The van der Waals surface area contributed by atoms with E-state index >= 15 is 0 Å². The van der Waals surface area contributed by atoms with Crippen LogP contribution in [0, 0.1) is 6.92 Å². The fourth-order valence-corrected chi connectivity index (χ4v) is 5.58. The van der Waals surface area contributed by atoms with Crippen LogP contribution in [0.1, 0.15) is 33.7 Å². The van der Waals surface area contributed by atoms with Gasteiger partial charge in [0.05, 0.1) is 24.2 Å². The van der Waals surface area contributed by atoms with Crippen LogP contribution in [0.3, 0.4) is 0 Å². The Bertz CT molecular complexity index is 1210. The maximum absolute atomic E-state index is 12.8. The molecule has 1 aliphatic rings. The van der Waals surface area contributed by atoms with Gasteiger partial charge in [-0.15, -0.1) is 10.2 Å². The van der Waals surface area contributed by atoms with Crippen molar-refractivity contribution in [3.63, 3.8) is 0 Å². The van der Waals surface area contributed by atoms with E-state index in [2.05, 4.69) is 10.2 Å². The molecule has 0 N–H and O–H groups in total. The number of fused-ring (bicyclic) bond motifs is 1. The third kappa shape index (κ3) is 4.83. The van der Waals surface area contributed by atoms with Crippen LogP contribution in [0.5, 0.6) is 0 Å². The lowest BCUT2D eigenvalue weighted by Crippen LogP contribution is -2.34. The number of thioether (sulfide) groups is 1. The highest BCUT2D eigenvalue weighted by atomic mass is 32.2. The van der Waals surface area contributed by atoms with E-state index in [-0.39, 0.29) is 11.5 Å². The summed E-state index contributed by atoms with van der Waals surface area (Å²) in [5, 5.41) is 9.11. The molecule has 0 amide bonds. The predicted molar refractivity (Wildman–Crippen MR) is 122 cm³/mol. The van der Waals surface area contributed by atoms with Gasteiger partial charge in [0.15, 0.2) is 10.9 Å². The number of carbonyl (C=O) groups is 1. The first kappa shape index (κ1) is 21.6. The summed E-state index contributed by atoms with van der Waals surface area (Å²) in [6.07, 6.45) is 2.72. The number of rotatable bonds is 7. The van der Waals surface area contributed by atoms with Gasteiger partial charge in [-0.25, -0.2) is 8.42 Å². The number of aromatic nitrogens is 3. The van der Waals surface area contributed by atoms with Crippen molar-refractivity contribution in [1.29, 1.82) is 0 Å². The standard InChI is InChI=1S/C22H24N4O3S2/c1-16-23-24-22(25(16)14-17-7-4-3-5-8-17)30-15-21(27)19-10-11-20-18(13-19)9-6-12-26(20)31(2,28)29/h3-5,7-8,10-11,13H,6,9,12,14-15H2,1-2H3. The third-order valence-electron chi connectivity index (χ3n) is 5.30. The van der Waals surface area contributed by atoms with Gasteiger partial charge in [-0.05, 0) is 49.1 Å². The number of aryl methyl sites for hydroxylation is 2. The zero-order valence-corrected chi connectivity index (χ0v) is 19.1. The summed E-state index contributed by atoms with van der Waals surface area (Å²) in [5.74, 6) is 1.02. The third-order valence-corrected chi connectivity index (χ3v) is 7.44. The van der Waals surface area contributed by atoms with Crippen molar-refractivity contribution in [1.82, 2.24) is 14.8 Å². The molecule has 2 heterocycles. The van der Waals surface area contributed by atoms with Gasteiger partial charge >= 0.3 is 0 Å². The van der Waals surface area contributed by atoms with Gasteiger partial charge in [0.25, 0.3) is 0 Å². The molecule has 4 rings (SSSR count). The van der Waals surface area contributed by atoms with Crippen LogP contribution in [0.15, 0.2) is 53.7 Å². The van der Waals surface area contributed by atoms with Crippen LogP contribution in [-0.4, -0.2) is 47.5 Å². The summed E-state index contributed by atoms with van der Waals surface area (Å²) < 4.78 is 27.5. The molecule has 0 unspecified atom stereocenters. The molecule has 162 valence electrons. The number of carbonyl (C=O) groups excluding carboxylic acids is 1. The Morgan fingerprint density at radius 2 is 1.90 bits per heavy atom.